The first-order valence-electron chi connectivity index (χ1n) is 4.97. The van der Waals surface area contributed by atoms with Gasteiger partial charge in [-0.25, -0.2) is 4.39 Å². The van der Waals surface area contributed by atoms with E-state index in [9.17, 15) is 9.18 Å². The highest BCUT2D eigenvalue weighted by Crippen LogP contribution is 2.31. The SMILES string of the molecule is N#Cc1ccc(NC(=O)c2cc(Cl)sc2Cl)c(F)c1. The minimum absolute atomic E-state index is 0.0256. The summed E-state index contributed by atoms with van der Waals surface area (Å²) in [5, 5.41) is 11.0. The fourth-order valence-electron chi connectivity index (χ4n) is 1.37. The van der Waals surface area contributed by atoms with Crippen LogP contribution in [-0.4, -0.2) is 5.91 Å². The van der Waals surface area contributed by atoms with Gasteiger partial charge in [-0.3, -0.25) is 4.79 Å². The molecule has 0 aliphatic carbocycles. The smallest absolute Gasteiger partial charge is 0.258 e. The molecule has 1 heterocycles. The minimum atomic E-state index is -0.690. The van der Waals surface area contributed by atoms with Crippen molar-refractivity contribution in [1.29, 1.82) is 5.26 Å². The Balaban J connectivity index is 2.25. The molecule has 1 N–H and O–H groups in total. The first-order chi connectivity index (χ1) is 9.01. The van der Waals surface area contributed by atoms with E-state index in [1.165, 1.54) is 18.2 Å². The maximum Gasteiger partial charge on any atom is 0.258 e. The van der Waals surface area contributed by atoms with Crippen LogP contribution in [0.1, 0.15) is 15.9 Å². The molecule has 3 nitrogen and oxygen atoms in total. The van der Waals surface area contributed by atoms with E-state index in [0.29, 0.717) is 4.34 Å². The molecular formula is C12H5Cl2FN2OS. The lowest BCUT2D eigenvalue weighted by Crippen LogP contribution is -2.12. The van der Waals surface area contributed by atoms with Gasteiger partial charge in [-0.1, -0.05) is 23.2 Å². The van der Waals surface area contributed by atoms with Crippen molar-refractivity contribution >= 4 is 46.1 Å². The van der Waals surface area contributed by atoms with E-state index >= 15 is 0 Å². The van der Waals surface area contributed by atoms with Gasteiger partial charge in [0.2, 0.25) is 0 Å². The Morgan fingerprint density at radius 1 is 1.37 bits per heavy atom. The summed E-state index contributed by atoms with van der Waals surface area (Å²) in [6.45, 7) is 0. The number of amides is 1. The van der Waals surface area contributed by atoms with Gasteiger partial charge in [0.05, 0.1) is 27.2 Å². The molecular weight excluding hydrogens is 310 g/mol. The Hall–Kier alpha value is -1.61. The summed E-state index contributed by atoms with van der Waals surface area (Å²) in [6, 6.07) is 6.97. The summed E-state index contributed by atoms with van der Waals surface area (Å²) in [4.78, 5) is 11.9. The highest BCUT2D eigenvalue weighted by molar-refractivity contribution is 7.20. The molecule has 0 unspecified atom stereocenters. The second-order valence-corrected chi connectivity index (χ2v) is 5.78. The number of nitrogens with zero attached hydrogens (tertiary/aromatic N) is 1. The van der Waals surface area contributed by atoms with Crippen LogP contribution in [0.5, 0.6) is 0 Å². The Morgan fingerprint density at radius 3 is 2.63 bits per heavy atom. The van der Waals surface area contributed by atoms with Crippen LogP contribution in [0.15, 0.2) is 24.3 Å². The predicted molar refractivity (Wildman–Crippen MR) is 73.4 cm³/mol. The van der Waals surface area contributed by atoms with Crippen molar-refractivity contribution < 1.29 is 9.18 Å². The lowest BCUT2D eigenvalue weighted by atomic mass is 10.2. The number of hydrogen-bond donors (Lipinski definition) is 1. The summed E-state index contributed by atoms with van der Waals surface area (Å²) < 4.78 is 14.2. The summed E-state index contributed by atoms with van der Waals surface area (Å²) in [7, 11) is 0. The highest BCUT2D eigenvalue weighted by Gasteiger charge is 2.16. The molecule has 0 radical (unpaired) electrons. The average Bonchev–Trinajstić information content (AvgIpc) is 2.71. The number of carbonyl (C=O) groups excluding carboxylic acids is 1. The van der Waals surface area contributed by atoms with Crippen LogP contribution in [0.2, 0.25) is 8.67 Å². The number of nitrogens with one attached hydrogen (secondary N) is 1. The van der Waals surface area contributed by atoms with Gasteiger partial charge < -0.3 is 5.32 Å². The van der Waals surface area contributed by atoms with E-state index in [1.54, 1.807) is 6.07 Å². The number of anilines is 1. The van der Waals surface area contributed by atoms with Gasteiger partial charge in [-0.05, 0) is 24.3 Å². The molecule has 2 rings (SSSR count). The van der Waals surface area contributed by atoms with Crippen molar-refractivity contribution in [2.24, 2.45) is 0 Å². The van der Waals surface area contributed by atoms with E-state index in [0.717, 1.165) is 17.4 Å². The third-order valence-electron chi connectivity index (χ3n) is 2.25. The number of nitriles is 1. The Labute approximate surface area is 122 Å². The Morgan fingerprint density at radius 2 is 2.11 bits per heavy atom. The number of carbonyl (C=O) groups is 1. The van der Waals surface area contributed by atoms with Crippen LogP contribution in [0.25, 0.3) is 0 Å². The molecule has 0 aliphatic heterocycles. The van der Waals surface area contributed by atoms with Gasteiger partial charge in [0.25, 0.3) is 5.91 Å². The zero-order chi connectivity index (χ0) is 14.0. The van der Waals surface area contributed by atoms with Crippen LogP contribution in [-0.2, 0) is 0 Å². The molecule has 0 saturated heterocycles. The van der Waals surface area contributed by atoms with E-state index in [4.69, 9.17) is 28.5 Å². The number of thiophene rings is 1. The van der Waals surface area contributed by atoms with E-state index in [-0.39, 0.29) is 21.2 Å². The van der Waals surface area contributed by atoms with Crippen LogP contribution >= 0.6 is 34.5 Å². The largest absolute Gasteiger partial charge is 0.319 e. The molecule has 96 valence electrons. The normalized spacial score (nSPS) is 10.0. The third-order valence-corrected chi connectivity index (χ3v) is 3.74. The second-order valence-electron chi connectivity index (χ2n) is 3.50. The second kappa shape index (κ2) is 5.57. The van der Waals surface area contributed by atoms with Crippen molar-refractivity contribution in [3.8, 4) is 6.07 Å². The van der Waals surface area contributed by atoms with Gasteiger partial charge in [0.1, 0.15) is 10.2 Å². The minimum Gasteiger partial charge on any atom is -0.319 e. The molecule has 0 fully saturated rings. The van der Waals surface area contributed by atoms with Crippen LogP contribution < -0.4 is 5.32 Å². The molecule has 19 heavy (non-hydrogen) atoms. The first-order valence-corrected chi connectivity index (χ1v) is 6.54. The van der Waals surface area contributed by atoms with Crippen molar-refractivity contribution in [1.82, 2.24) is 0 Å². The molecule has 1 aromatic heterocycles. The van der Waals surface area contributed by atoms with Crippen molar-refractivity contribution in [3.63, 3.8) is 0 Å². The summed E-state index contributed by atoms with van der Waals surface area (Å²) in [5.41, 5.74) is 0.329. The summed E-state index contributed by atoms with van der Waals surface area (Å²) in [5.74, 6) is -1.25. The lowest BCUT2D eigenvalue weighted by molar-refractivity contribution is 0.102. The van der Waals surface area contributed by atoms with E-state index < -0.39 is 11.7 Å². The van der Waals surface area contributed by atoms with Crippen molar-refractivity contribution in [2.45, 2.75) is 0 Å². The van der Waals surface area contributed by atoms with E-state index in [2.05, 4.69) is 5.32 Å². The molecule has 1 aromatic carbocycles. The van der Waals surface area contributed by atoms with E-state index in [1.807, 2.05) is 0 Å². The van der Waals surface area contributed by atoms with Crippen molar-refractivity contribution in [3.05, 3.63) is 49.9 Å². The van der Waals surface area contributed by atoms with Crippen LogP contribution in [0, 0.1) is 17.1 Å². The molecule has 0 atom stereocenters. The summed E-state index contributed by atoms with van der Waals surface area (Å²) in [6.07, 6.45) is 0. The van der Waals surface area contributed by atoms with Gasteiger partial charge >= 0.3 is 0 Å². The Bertz CT molecular complexity index is 694. The Kier molecular flexibility index (Phi) is 4.05. The third kappa shape index (κ3) is 3.04. The quantitative estimate of drug-likeness (QED) is 0.897. The zero-order valence-corrected chi connectivity index (χ0v) is 11.5. The molecule has 0 saturated carbocycles. The van der Waals surface area contributed by atoms with Gasteiger partial charge in [0.15, 0.2) is 0 Å². The molecule has 0 bridgehead atoms. The van der Waals surface area contributed by atoms with Crippen LogP contribution in [0.4, 0.5) is 10.1 Å². The number of benzene rings is 1. The number of rotatable bonds is 2. The summed E-state index contributed by atoms with van der Waals surface area (Å²) >= 11 is 12.6. The standard InChI is InChI=1S/C12H5Cl2FN2OS/c13-10-4-7(11(14)19-10)12(18)17-9-2-1-6(5-16)3-8(9)15/h1-4H,(H,17,18). The fourth-order valence-corrected chi connectivity index (χ4v) is 2.83. The van der Waals surface area contributed by atoms with Gasteiger partial charge in [-0.15, -0.1) is 11.3 Å². The predicted octanol–water partition coefficient (Wildman–Crippen LogP) is 4.32. The maximum atomic E-state index is 13.6. The van der Waals surface area contributed by atoms with Gasteiger partial charge in [0, 0.05) is 0 Å². The molecule has 7 heteroatoms. The average molecular weight is 315 g/mol. The monoisotopic (exact) mass is 314 g/mol. The number of halogens is 3. The first kappa shape index (κ1) is 13.8. The molecule has 0 spiro atoms. The molecule has 1 amide bonds. The topological polar surface area (TPSA) is 52.9 Å². The maximum absolute atomic E-state index is 13.6. The lowest BCUT2D eigenvalue weighted by Gasteiger charge is -2.05. The molecule has 2 aromatic rings. The molecule has 0 aliphatic rings. The fraction of sp³-hybridized carbons (Fsp3) is 0. The van der Waals surface area contributed by atoms with Crippen molar-refractivity contribution in [2.75, 3.05) is 5.32 Å². The number of hydrogen-bond acceptors (Lipinski definition) is 3. The zero-order valence-electron chi connectivity index (χ0n) is 9.21. The highest BCUT2D eigenvalue weighted by atomic mass is 35.5. The van der Waals surface area contributed by atoms with Gasteiger partial charge in [-0.2, -0.15) is 5.26 Å². The van der Waals surface area contributed by atoms with Crippen LogP contribution in [0.3, 0.4) is 0 Å².